The van der Waals surface area contributed by atoms with Crippen LogP contribution in [0.5, 0.6) is 5.75 Å². The van der Waals surface area contributed by atoms with Gasteiger partial charge in [-0.15, -0.1) is 0 Å². The van der Waals surface area contributed by atoms with Crippen LogP contribution in [0.15, 0.2) is 24.3 Å². The molecule has 1 atom stereocenters. The van der Waals surface area contributed by atoms with Crippen molar-refractivity contribution in [3.63, 3.8) is 0 Å². The lowest BCUT2D eigenvalue weighted by Gasteiger charge is -2.21. The number of benzene rings is 1. The molecule has 6 heteroatoms. The Morgan fingerprint density at radius 3 is 2.50 bits per heavy atom. The van der Waals surface area contributed by atoms with E-state index in [0.717, 1.165) is 31.7 Å². The highest BCUT2D eigenvalue weighted by Crippen LogP contribution is 2.11. The highest BCUT2D eigenvalue weighted by Gasteiger charge is 2.06. The van der Waals surface area contributed by atoms with Crippen LogP contribution in [-0.4, -0.2) is 59.4 Å². The van der Waals surface area contributed by atoms with E-state index in [4.69, 9.17) is 15.1 Å². The molecular formula is C16H24N2O3S. The van der Waals surface area contributed by atoms with Gasteiger partial charge in [0.05, 0.1) is 31.1 Å². The molecule has 0 amide bonds. The van der Waals surface area contributed by atoms with Crippen molar-refractivity contribution < 1.29 is 14.4 Å². The van der Waals surface area contributed by atoms with Crippen LogP contribution >= 0.6 is 0 Å². The molecule has 0 saturated heterocycles. The third-order valence-corrected chi connectivity index (χ3v) is 4.06. The van der Waals surface area contributed by atoms with Gasteiger partial charge in [-0.3, -0.25) is 0 Å². The van der Waals surface area contributed by atoms with Crippen molar-refractivity contribution in [3.05, 3.63) is 29.8 Å². The Kier molecular flexibility index (Phi) is 9.67. The van der Waals surface area contributed by atoms with Gasteiger partial charge in [0.15, 0.2) is 0 Å². The van der Waals surface area contributed by atoms with Gasteiger partial charge in [0.2, 0.25) is 0 Å². The fourth-order valence-corrected chi connectivity index (χ4v) is 2.61. The minimum Gasteiger partial charge on any atom is -0.617 e. The lowest BCUT2D eigenvalue weighted by Crippen LogP contribution is -2.31. The lowest BCUT2D eigenvalue weighted by molar-refractivity contribution is 0.183. The summed E-state index contributed by atoms with van der Waals surface area (Å²) in [6.45, 7) is 3.04. The van der Waals surface area contributed by atoms with Crippen LogP contribution in [0.2, 0.25) is 0 Å². The van der Waals surface area contributed by atoms with Crippen molar-refractivity contribution in [1.29, 1.82) is 5.26 Å². The number of hydrogen-bond donors (Lipinski definition) is 1. The Labute approximate surface area is 135 Å². The molecule has 0 aliphatic carbocycles. The number of nitrogens with zero attached hydrogens (tertiary/aromatic N) is 2. The highest BCUT2D eigenvalue weighted by molar-refractivity contribution is 7.90. The molecule has 22 heavy (non-hydrogen) atoms. The summed E-state index contributed by atoms with van der Waals surface area (Å²) < 4.78 is 16.7. The Morgan fingerprint density at radius 1 is 1.23 bits per heavy atom. The molecule has 0 spiro atoms. The second-order valence-electron chi connectivity index (χ2n) is 5.03. The van der Waals surface area contributed by atoms with E-state index in [1.807, 2.05) is 0 Å². The minimum absolute atomic E-state index is 0.131. The first-order valence-corrected chi connectivity index (χ1v) is 9.14. The molecule has 1 aromatic rings. The maximum atomic E-state index is 11.0. The summed E-state index contributed by atoms with van der Waals surface area (Å²) in [5.41, 5.74) is 0.620. The number of rotatable bonds is 11. The van der Waals surface area contributed by atoms with Crippen molar-refractivity contribution in [1.82, 2.24) is 4.90 Å². The van der Waals surface area contributed by atoms with Crippen LogP contribution in [0.4, 0.5) is 0 Å². The molecular weight excluding hydrogens is 300 g/mol. The summed E-state index contributed by atoms with van der Waals surface area (Å²) in [4.78, 5) is 2.16. The molecule has 0 aliphatic heterocycles. The van der Waals surface area contributed by atoms with E-state index in [1.54, 1.807) is 30.5 Å². The number of nitriles is 1. The van der Waals surface area contributed by atoms with Gasteiger partial charge in [-0.05, 0) is 30.7 Å². The first-order valence-electron chi connectivity index (χ1n) is 7.42. The van der Waals surface area contributed by atoms with Crippen LogP contribution in [-0.2, 0) is 11.2 Å². The number of aliphatic hydroxyl groups is 1. The first-order chi connectivity index (χ1) is 10.7. The Balaban J connectivity index is 2.22. The van der Waals surface area contributed by atoms with Gasteiger partial charge in [0.25, 0.3) is 0 Å². The Morgan fingerprint density at radius 2 is 1.91 bits per heavy atom. The predicted molar refractivity (Wildman–Crippen MR) is 88.3 cm³/mol. The normalized spacial score (nSPS) is 12.1. The molecule has 1 unspecified atom stereocenters. The van der Waals surface area contributed by atoms with Gasteiger partial charge in [0.1, 0.15) is 11.5 Å². The second-order valence-corrected chi connectivity index (χ2v) is 6.59. The summed E-state index contributed by atoms with van der Waals surface area (Å²) in [6, 6.07) is 9.12. The fourth-order valence-electron chi connectivity index (χ4n) is 2.07. The molecule has 0 saturated carbocycles. The third kappa shape index (κ3) is 8.25. The Bertz CT molecular complexity index is 446. The Hall–Kier alpha value is -1.26. The largest absolute Gasteiger partial charge is 0.617 e. The molecule has 0 bridgehead atoms. The van der Waals surface area contributed by atoms with E-state index in [2.05, 4.69) is 11.0 Å². The molecule has 5 nitrogen and oxygen atoms in total. The SMILES string of the molecule is C[S+]([O-])CCCN(CCO)CCCOc1ccc(C#N)cc1. The van der Waals surface area contributed by atoms with Crippen LogP contribution in [0.25, 0.3) is 0 Å². The predicted octanol–water partition coefficient (Wildman–Crippen LogP) is 1.39. The van der Waals surface area contributed by atoms with E-state index >= 15 is 0 Å². The van der Waals surface area contributed by atoms with Crippen molar-refractivity contribution in [2.24, 2.45) is 0 Å². The standard InChI is InChI=1S/C16H24N2O3S/c1-22(20)13-3-9-18(10-11-19)8-2-12-21-16-6-4-15(14-17)5-7-16/h4-7,19H,2-3,8-13H2,1H3. The summed E-state index contributed by atoms with van der Waals surface area (Å²) in [5.74, 6) is 1.46. The zero-order chi connectivity index (χ0) is 16.2. The topological polar surface area (TPSA) is 79.6 Å². The zero-order valence-electron chi connectivity index (χ0n) is 13.0. The monoisotopic (exact) mass is 324 g/mol. The summed E-state index contributed by atoms with van der Waals surface area (Å²) in [7, 11) is 0. The van der Waals surface area contributed by atoms with Crippen molar-refractivity contribution >= 4 is 11.2 Å². The highest BCUT2D eigenvalue weighted by atomic mass is 32.2. The van der Waals surface area contributed by atoms with Gasteiger partial charge in [-0.1, -0.05) is 11.2 Å². The number of aliphatic hydroxyl groups excluding tert-OH is 1. The van der Waals surface area contributed by atoms with Gasteiger partial charge in [0, 0.05) is 26.1 Å². The third-order valence-electron chi connectivity index (χ3n) is 3.19. The molecule has 122 valence electrons. The maximum Gasteiger partial charge on any atom is 0.119 e. The van der Waals surface area contributed by atoms with E-state index in [1.165, 1.54) is 0 Å². The summed E-state index contributed by atoms with van der Waals surface area (Å²) in [5, 5.41) is 17.8. The molecule has 1 rings (SSSR count). The molecule has 0 aliphatic rings. The van der Waals surface area contributed by atoms with Crippen molar-refractivity contribution in [3.8, 4) is 11.8 Å². The lowest BCUT2D eigenvalue weighted by atomic mass is 10.2. The quantitative estimate of drug-likeness (QED) is 0.491. The number of ether oxygens (including phenoxy) is 1. The first kappa shape index (κ1) is 18.8. The van der Waals surface area contributed by atoms with Gasteiger partial charge >= 0.3 is 0 Å². The molecule has 0 heterocycles. The zero-order valence-corrected chi connectivity index (χ0v) is 13.8. The van der Waals surface area contributed by atoms with E-state index in [-0.39, 0.29) is 6.61 Å². The van der Waals surface area contributed by atoms with Crippen LogP contribution < -0.4 is 4.74 Å². The minimum atomic E-state index is -0.758. The molecule has 1 aromatic carbocycles. The average Bonchev–Trinajstić information content (AvgIpc) is 2.51. The van der Waals surface area contributed by atoms with Gasteiger partial charge in [-0.2, -0.15) is 5.26 Å². The molecule has 0 radical (unpaired) electrons. The van der Waals surface area contributed by atoms with Crippen molar-refractivity contribution in [2.45, 2.75) is 12.8 Å². The average molecular weight is 324 g/mol. The van der Waals surface area contributed by atoms with E-state index < -0.39 is 11.2 Å². The van der Waals surface area contributed by atoms with Crippen LogP contribution in [0.1, 0.15) is 18.4 Å². The van der Waals surface area contributed by atoms with Gasteiger partial charge in [-0.25, -0.2) is 0 Å². The smallest absolute Gasteiger partial charge is 0.119 e. The number of hydrogen-bond acceptors (Lipinski definition) is 5. The van der Waals surface area contributed by atoms with Crippen LogP contribution in [0.3, 0.4) is 0 Å². The molecule has 0 aromatic heterocycles. The van der Waals surface area contributed by atoms with Gasteiger partial charge < -0.3 is 19.3 Å². The van der Waals surface area contributed by atoms with E-state index in [9.17, 15) is 4.55 Å². The molecule has 0 fully saturated rings. The fraction of sp³-hybridized carbons (Fsp3) is 0.562. The summed E-state index contributed by atoms with van der Waals surface area (Å²) >= 11 is -0.758. The van der Waals surface area contributed by atoms with E-state index in [0.29, 0.717) is 24.5 Å². The summed E-state index contributed by atoms with van der Waals surface area (Å²) in [6.07, 6.45) is 3.44. The van der Waals surface area contributed by atoms with Crippen molar-refractivity contribution in [2.75, 3.05) is 44.9 Å². The maximum absolute atomic E-state index is 11.0. The van der Waals surface area contributed by atoms with Crippen LogP contribution in [0, 0.1) is 11.3 Å². The second kappa shape index (κ2) is 11.3. The molecule has 1 N–H and O–H groups in total.